The van der Waals surface area contributed by atoms with Gasteiger partial charge < -0.3 is 14.7 Å². The number of tetrazole rings is 1. The maximum Gasteiger partial charge on any atom is 0.311 e. The van der Waals surface area contributed by atoms with Crippen LogP contribution in [0, 0.1) is 5.92 Å². The molecule has 2 rings (SSSR count). The van der Waals surface area contributed by atoms with Crippen LogP contribution in [0.5, 0.6) is 0 Å². The minimum absolute atomic E-state index is 0.216. The van der Waals surface area contributed by atoms with Crippen LogP contribution in [0.4, 0.5) is 5.95 Å². The van der Waals surface area contributed by atoms with E-state index in [1.807, 2.05) is 11.8 Å². The van der Waals surface area contributed by atoms with Crippen LogP contribution in [0.15, 0.2) is 0 Å². The van der Waals surface area contributed by atoms with E-state index in [0.29, 0.717) is 19.1 Å². The molecule has 1 aliphatic heterocycles. The summed E-state index contributed by atoms with van der Waals surface area (Å²) < 4.78 is 6.84. The van der Waals surface area contributed by atoms with E-state index < -0.39 is 11.9 Å². The van der Waals surface area contributed by atoms with E-state index in [2.05, 4.69) is 15.5 Å². The van der Waals surface area contributed by atoms with Crippen molar-refractivity contribution >= 4 is 11.9 Å². The fourth-order valence-electron chi connectivity index (χ4n) is 2.21. The van der Waals surface area contributed by atoms with E-state index in [4.69, 9.17) is 4.74 Å². The van der Waals surface area contributed by atoms with Crippen LogP contribution in [0.25, 0.3) is 0 Å². The monoisotopic (exact) mass is 255 g/mol. The average molecular weight is 255 g/mol. The summed E-state index contributed by atoms with van der Waals surface area (Å²) in [5.74, 6) is -0.791. The van der Waals surface area contributed by atoms with Crippen LogP contribution in [0.1, 0.15) is 13.3 Å². The van der Waals surface area contributed by atoms with E-state index in [9.17, 15) is 9.90 Å². The predicted molar refractivity (Wildman–Crippen MR) is 62.2 cm³/mol. The van der Waals surface area contributed by atoms with Crippen molar-refractivity contribution in [1.29, 1.82) is 0 Å². The third-order valence-corrected chi connectivity index (χ3v) is 3.09. The van der Waals surface area contributed by atoms with Gasteiger partial charge in [0.2, 0.25) is 5.95 Å². The molecule has 1 aromatic heterocycles. The first-order chi connectivity index (χ1) is 8.65. The predicted octanol–water partition coefficient (Wildman–Crippen LogP) is -0.474. The van der Waals surface area contributed by atoms with Crippen LogP contribution in [0.3, 0.4) is 0 Å². The van der Waals surface area contributed by atoms with Gasteiger partial charge in [-0.3, -0.25) is 4.79 Å². The number of anilines is 1. The highest BCUT2D eigenvalue weighted by Gasteiger charge is 2.39. The number of aliphatic carboxylic acids is 1. The summed E-state index contributed by atoms with van der Waals surface area (Å²) in [4.78, 5) is 13.1. The number of carboxylic acids is 1. The number of ether oxygens (including phenoxy) is 1. The first-order valence-corrected chi connectivity index (χ1v) is 5.94. The lowest BCUT2D eigenvalue weighted by atomic mass is 10.0. The van der Waals surface area contributed by atoms with Gasteiger partial charge in [-0.1, -0.05) is 12.0 Å². The summed E-state index contributed by atoms with van der Waals surface area (Å²) in [7, 11) is 1.74. The Hall–Kier alpha value is -1.70. The topological polar surface area (TPSA) is 93.4 Å². The van der Waals surface area contributed by atoms with Gasteiger partial charge in [0.05, 0.1) is 19.3 Å². The number of carbonyl (C=O) groups is 1. The quantitative estimate of drug-likeness (QED) is 0.759. The van der Waals surface area contributed by atoms with Crippen LogP contribution in [0.2, 0.25) is 0 Å². The van der Waals surface area contributed by atoms with Gasteiger partial charge in [-0.15, -0.1) is 0 Å². The highest BCUT2D eigenvalue weighted by Crippen LogP contribution is 2.24. The molecule has 100 valence electrons. The van der Waals surface area contributed by atoms with Crippen LogP contribution < -0.4 is 4.90 Å². The van der Waals surface area contributed by atoms with Gasteiger partial charge >= 0.3 is 5.97 Å². The number of nitrogens with zero attached hydrogens (tertiary/aromatic N) is 5. The first-order valence-electron chi connectivity index (χ1n) is 5.94. The summed E-state index contributed by atoms with van der Waals surface area (Å²) in [5.41, 5.74) is 0. The molecular formula is C10H17N5O3. The molecule has 0 saturated carbocycles. The van der Waals surface area contributed by atoms with Crippen molar-refractivity contribution in [2.24, 2.45) is 13.0 Å². The molecule has 0 bridgehead atoms. The summed E-state index contributed by atoms with van der Waals surface area (Å²) in [5, 5.41) is 20.5. The minimum atomic E-state index is -0.839. The van der Waals surface area contributed by atoms with E-state index in [0.717, 1.165) is 6.42 Å². The Morgan fingerprint density at radius 1 is 1.61 bits per heavy atom. The standard InChI is InChI=1S/C10H17N5O3/c1-3-4-15(10-11-12-13-14(10)2)8-6-18-5-7(8)9(16)17/h7-8H,3-6H2,1-2H3,(H,16,17). The molecule has 0 aromatic carbocycles. The zero-order valence-electron chi connectivity index (χ0n) is 10.5. The summed E-state index contributed by atoms with van der Waals surface area (Å²) >= 11 is 0. The molecule has 1 aromatic rings. The minimum Gasteiger partial charge on any atom is -0.481 e. The average Bonchev–Trinajstić information content (AvgIpc) is 2.94. The maximum atomic E-state index is 11.2. The highest BCUT2D eigenvalue weighted by molar-refractivity contribution is 5.72. The Morgan fingerprint density at radius 3 is 2.94 bits per heavy atom. The van der Waals surface area contributed by atoms with Crippen molar-refractivity contribution in [2.45, 2.75) is 19.4 Å². The Kier molecular flexibility index (Phi) is 3.75. The van der Waals surface area contributed by atoms with Gasteiger partial charge in [0, 0.05) is 13.6 Å². The third-order valence-electron chi connectivity index (χ3n) is 3.09. The normalized spacial score (nSPS) is 23.2. The molecule has 0 amide bonds. The van der Waals surface area contributed by atoms with Crippen molar-refractivity contribution in [3.63, 3.8) is 0 Å². The van der Waals surface area contributed by atoms with Gasteiger partial charge in [0.15, 0.2) is 0 Å². The molecular weight excluding hydrogens is 238 g/mol. The SMILES string of the molecule is CCCN(c1nnnn1C)C1COCC1C(=O)O. The van der Waals surface area contributed by atoms with Crippen molar-refractivity contribution in [1.82, 2.24) is 20.2 Å². The van der Waals surface area contributed by atoms with Crippen molar-refractivity contribution in [3.8, 4) is 0 Å². The summed E-state index contributed by atoms with van der Waals surface area (Å²) in [6, 6.07) is -0.216. The molecule has 2 atom stereocenters. The smallest absolute Gasteiger partial charge is 0.311 e. The molecule has 0 spiro atoms. The first kappa shape index (κ1) is 12.7. The molecule has 8 nitrogen and oxygen atoms in total. The van der Waals surface area contributed by atoms with Crippen LogP contribution in [-0.4, -0.2) is 57.1 Å². The fraction of sp³-hybridized carbons (Fsp3) is 0.800. The number of hydrogen-bond donors (Lipinski definition) is 1. The highest BCUT2D eigenvalue weighted by atomic mass is 16.5. The number of rotatable bonds is 5. The molecule has 8 heteroatoms. The second-order valence-corrected chi connectivity index (χ2v) is 4.35. The molecule has 18 heavy (non-hydrogen) atoms. The lowest BCUT2D eigenvalue weighted by Gasteiger charge is -2.29. The molecule has 0 radical (unpaired) electrons. The number of aryl methyl sites for hydroxylation is 1. The third kappa shape index (κ3) is 2.28. The number of hydrogen-bond acceptors (Lipinski definition) is 6. The van der Waals surface area contributed by atoms with E-state index in [1.165, 1.54) is 0 Å². The Balaban J connectivity index is 2.25. The second-order valence-electron chi connectivity index (χ2n) is 4.35. The fourth-order valence-corrected chi connectivity index (χ4v) is 2.21. The van der Waals surface area contributed by atoms with Crippen molar-refractivity contribution in [2.75, 3.05) is 24.7 Å². The largest absolute Gasteiger partial charge is 0.481 e. The molecule has 2 unspecified atom stereocenters. The van der Waals surface area contributed by atoms with Crippen molar-refractivity contribution < 1.29 is 14.6 Å². The van der Waals surface area contributed by atoms with Gasteiger partial charge in [0.25, 0.3) is 0 Å². The van der Waals surface area contributed by atoms with E-state index in [1.54, 1.807) is 11.7 Å². The number of aromatic nitrogens is 4. The molecule has 1 saturated heterocycles. The maximum absolute atomic E-state index is 11.2. The Labute approximate surface area is 105 Å². The van der Waals surface area contributed by atoms with Gasteiger partial charge in [-0.25, -0.2) is 4.68 Å². The van der Waals surface area contributed by atoms with Gasteiger partial charge in [-0.05, 0) is 16.8 Å². The van der Waals surface area contributed by atoms with Gasteiger partial charge in [-0.2, -0.15) is 0 Å². The van der Waals surface area contributed by atoms with Gasteiger partial charge in [0.1, 0.15) is 5.92 Å². The molecule has 1 aliphatic rings. The summed E-state index contributed by atoms with van der Waals surface area (Å²) in [6.45, 7) is 3.36. The van der Waals surface area contributed by atoms with E-state index >= 15 is 0 Å². The zero-order chi connectivity index (χ0) is 13.1. The molecule has 1 N–H and O–H groups in total. The molecule has 0 aliphatic carbocycles. The Morgan fingerprint density at radius 2 is 2.39 bits per heavy atom. The summed E-state index contributed by atoms with van der Waals surface area (Å²) in [6.07, 6.45) is 0.885. The molecule has 1 fully saturated rings. The lowest BCUT2D eigenvalue weighted by molar-refractivity contribution is -0.142. The number of carboxylic acid groups (broad SMARTS) is 1. The van der Waals surface area contributed by atoms with Crippen molar-refractivity contribution in [3.05, 3.63) is 0 Å². The van der Waals surface area contributed by atoms with E-state index in [-0.39, 0.29) is 12.6 Å². The van der Waals surface area contributed by atoms with Crippen LogP contribution >= 0.6 is 0 Å². The molecule has 2 heterocycles. The lowest BCUT2D eigenvalue weighted by Crippen LogP contribution is -2.45. The Bertz CT molecular complexity index is 421. The second kappa shape index (κ2) is 5.30. The zero-order valence-corrected chi connectivity index (χ0v) is 10.5. The van der Waals surface area contributed by atoms with Crippen LogP contribution in [-0.2, 0) is 16.6 Å².